The Bertz CT molecular complexity index is 1110. The predicted molar refractivity (Wildman–Crippen MR) is 102 cm³/mol. The molecule has 1 saturated carbocycles. The van der Waals surface area contributed by atoms with Gasteiger partial charge in [0.25, 0.3) is 11.8 Å². The quantitative estimate of drug-likeness (QED) is 0.524. The molecule has 0 amide bonds. The summed E-state index contributed by atoms with van der Waals surface area (Å²) in [6.45, 7) is 1.56. The van der Waals surface area contributed by atoms with Gasteiger partial charge < -0.3 is 4.42 Å². The van der Waals surface area contributed by atoms with Gasteiger partial charge in [-0.3, -0.25) is 9.29 Å². The fraction of sp³-hybridized carbons (Fsp3) is 0.412. The standard InChI is InChI=1S/C17H17F2N5O3S2/c1-2-29(25,26)24(12-5-11(6-20-7-12)10-3-4-10)9-14-21-8-13(28-14)16-22-23-17(27-16)15(18)19/h5-8,10,15H,2-4,9H2,1H3. The number of nitrogens with zero attached hydrogens (tertiary/aromatic N) is 5. The van der Waals surface area contributed by atoms with E-state index in [1.165, 1.54) is 16.7 Å². The molecule has 1 aliphatic rings. The molecule has 12 heteroatoms. The van der Waals surface area contributed by atoms with Crippen LogP contribution in [0.1, 0.15) is 48.6 Å². The summed E-state index contributed by atoms with van der Waals surface area (Å²) in [5.74, 6) is -0.499. The van der Waals surface area contributed by atoms with Gasteiger partial charge in [0.15, 0.2) is 0 Å². The van der Waals surface area contributed by atoms with Crippen LogP contribution in [-0.2, 0) is 16.6 Å². The van der Waals surface area contributed by atoms with Crippen molar-refractivity contribution in [1.29, 1.82) is 0 Å². The first-order valence-corrected chi connectivity index (χ1v) is 11.3. The van der Waals surface area contributed by atoms with E-state index in [1.807, 2.05) is 6.07 Å². The third-order valence-corrected chi connectivity index (χ3v) is 7.16. The summed E-state index contributed by atoms with van der Waals surface area (Å²) in [5.41, 5.74) is 1.50. The van der Waals surface area contributed by atoms with E-state index < -0.39 is 22.3 Å². The van der Waals surface area contributed by atoms with Gasteiger partial charge in [0.1, 0.15) is 9.88 Å². The highest BCUT2D eigenvalue weighted by atomic mass is 32.2. The van der Waals surface area contributed by atoms with Gasteiger partial charge in [0, 0.05) is 6.20 Å². The third kappa shape index (κ3) is 4.27. The van der Waals surface area contributed by atoms with Crippen molar-refractivity contribution in [3.05, 3.63) is 41.1 Å². The van der Waals surface area contributed by atoms with Gasteiger partial charge in [-0.15, -0.1) is 21.5 Å². The first kappa shape index (κ1) is 19.8. The van der Waals surface area contributed by atoms with E-state index in [9.17, 15) is 17.2 Å². The lowest BCUT2D eigenvalue weighted by Gasteiger charge is -2.23. The third-order valence-electron chi connectivity index (χ3n) is 4.45. The zero-order valence-electron chi connectivity index (χ0n) is 15.3. The number of sulfonamides is 1. The summed E-state index contributed by atoms with van der Waals surface area (Å²) in [4.78, 5) is 8.79. The van der Waals surface area contributed by atoms with Crippen molar-refractivity contribution in [1.82, 2.24) is 20.2 Å². The maximum absolute atomic E-state index is 12.7. The Labute approximate surface area is 169 Å². The summed E-state index contributed by atoms with van der Waals surface area (Å²) in [5, 5.41) is 7.35. The van der Waals surface area contributed by atoms with Crippen molar-refractivity contribution >= 4 is 27.0 Å². The molecule has 3 aromatic rings. The smallest absolute Gasteiger partial charge is 0.314 e. The van der Waals surface area contributed by atoms with Crippen LogP contribution in [0, 0.1) is 0 Å². The average Bonchev–Trinajstić information content (AvgIpc) is 3.25. The molecule has 8 nitrogen and oxygen atoms in total. The maximum atomic E-state index is 12.7. The molecule has 1 fully saturated rings. The van der Waals surface area contributed by atoms with E-state index in [1.54, 1.807) is 13.1 Å². The number of aromatic nitrogens is 4. The second-order valence-electron chi connectivity index (χ2n) is 6.52. The Balaban J connectivity index is 1.61. The molecule has 4 rings (SSSR count). The van der Waals surface area contributed by atoms with Crippen LogP contribution in [0.15, 0.2) is 29.1 Å². The van der Waals surface area contributed by atoms with Crippen LogP contribution >= 0.6 is 11.3 Å². The Hall–Kier alpha value is -2.47. The zero-order valence-corrected chi connectivity index (χ0v) is 17.0. The first-order chi connectivity index (χ1) is 13.9. The molecule has 3 aromatic heterocycles. The molecule has 0 spiro atoms. The fourth-order valence-electron chi connectivity index (χ4n) is 2.75. The van der Waals surface area contributed by atoms with E-state index >= 15 is 0 Å². The minimum absolute atomic E-state index is 0.00746. The lowest BCUT2D eigenvalue weighted by molar-refractivity contribution is 0.116. The minimum atomic E-state index is -3.59. The van der Waals surface area contributed by atoms with E-state index in [2.05, 4.69) is 20.2 Å². The maximum Gasteiger partial charge on any atom is 0.314 e. The fourth-order valence-corrected chi connectivity index (χ4v) is 4.72. The second-order valence-corrected chi connectivity index (χ2v) is 9.82. The largest absolute Gasteiger partial charge is 0.414 e. The summed E-state index contributed by atoms with van der Waals surface area (Å²) >= 11 is 1.10. The number of pyridine rings is 1. The van der Waals surface area contributed by atoms with Crippen LogP contribution in [0.5, 0.6) is 0 Å². The monoisotopic (exact) mass is 441 g/mol. The van der Waals surface area contributed by atoms with Crippen LogP contribution in [0.4, 0.5) is 14.5 Å². The molecule has 0 N–H and O–H groups in total. The SMILES string of the molecule is CCS(=O)(=O)N(Cc1ncc(-c2nnc(C(F)F)o2)s1)c1cncc(C2CC2)c1. The molecule has 0 atom stereocenters. The Morgan fingerprint density at radius 3 is 2.72 bits per heavy atom. The van der Waals surface area contributed by atoms with Gasteiger partial charge in [0.05, 0.1) is 30.4 Å². The van der Waals surface area contributed by atoms with Crippen LogP contribution in [0.3, 0.4) is 0 Å². The number of thiazole rings is 1. The molecule has 0 unspecified atom stereocenters. The van der Waals surface area contributed by atoms with Crippen LogP contribution in [-0.4, -0.2) is 34.3 Å². The number of rotatable bonds is 8. The summed E-state index contributed by atoms with van der Waals surface area (Å²) in [6.07, 6.45) is 3.97. The molecule has 0 radical (unpaired) electrons. The van der Waals surface area contributed by atoms with Crippen molar-refractivity contribution in [2.24, 2.45) is 0 Å². The highest BCUT2D eigenvalue weighted by molar-refractivity contribution is 7.92. The molecular formula is C17H17F2N5O3S2. The molecule has 0 aromatic carbocycles. The lowest BCUT2D eigenvalue weighted by atomic mass is 10.2. The van der Waals surface area contributed by atoms with E-state index in [-0.39, 0.29) is 18.2 Å². The average molecular weight is 441 g/mol. The summed E-state index contributed by atoms with van der Waals surface area (Å²) in [6, 6.07) is 1.85. The normalized spacial score (nSPS) is 14.5. The van der Waals surface area contributed by atoms with Crippen LogP contribution in [0.2, 0.25) is 0 Å². The van der Waals surface area contributed by atoms with Crippen molar-refractivity contribution < 1.29 is 21.6 Å². The lowest BCUT2D eigenvalue weighted by Crippen LogP contribution is -2.32. The number of hydrogen-bond donors (Lipinski definition) is 0. The van der Waals surface area contributed by atoms with E-state index in [0.29, 0.717) is 21.5 Å². The number of halogens is 2. The van der Waals surface area contributed by atoms with Crippen molar-refractivity contribution in [3.8, 4) is 10.8 Å². The first-order valence-electron chi connectivity index (χ1n) is 8.89. The van der Waals surface area contributed by atoms with Gasteiger partial charge in [-0.05, 0) is 37.3 Å². The van der Waals surface area contributed by atoms with Crippen LogP contribution in [0.25, 0.3) is 10.8 Å². The number of alkyl halides is 2. The molecular weight excluding hydrogens is 424 g/mol. The molecule has 3 heterocycles. The molecule has 0 aliphatic heterocycles. The highest BCUT2D eigenvalue weighted by Crippen LogP contribution is 2.41. The molecule has 0 bridgehead atoms. The molecule has 0 saturated heterocycles. The van der Waals surface area contributed by atoms with E-state index in [0.717, 1.165) is 29.7 Å². The van der Waals surface area contributed by atoms with Crippen molar-refractivity contribution in [3.63, 3.8) is 0 Å². The summed E-state index contributed by atoms with van der Waals surface area (Å²) in [7, 11) is -3.59. The van der Waals surface area contributed by atoms with Gasteiger partial charge in [-0.2, -0.15) is 8.78 Å². The molecule has 29 heavy (non-hydrogen) atoms. The van der Waals surface area contributed by atoms with Crippen LogP contribution < -0.4 is 4.31 Å². The van der Waals surface area contributed by atoms with Gasteiger partial charge >= 0.3 is 6.43 Å². The Morgan fingerprint density at radius 2 is 2.07 bits per heavy atom. The molecule has 154 valence electrons. The van der Waals surface area contributed by atoms with Crippen molar-refractivity contribution in [2.45, 2.75) is 38.7 Å². The predicted octanol–water partition coefficient (Wildman–Crippen LogP) is 3.76. The second kappa shape index (κ2) is 7.75. The highest BCUT2D eigenvalue weighted by Gasteiger charge is 2.27. The molecule has 1 aliphatic carbocycles. The zero-order chi connectivity index (χ0) is 20.6. The Kier molecular flexibility index (Phi) is 5.30. The van der Waals surface area contributed by atoms with Crippen molar-refractivity contribution in [2.75, 3.05) is 10.1 Å². The summed E-state index contributed by atoms with van der Waals surface area (Å²) < 4.78 is 56.9. The number of anilines is 1. The van der Waals surface area contributed by atoms with Gasteiger partial charge in [0.2, 0.25) is 10.0 Å². The van der Waals surface area contributed by atoms with Gasteiger partial charge in [-0.25, -0.2) is 13.4 Å². The number of hydrogen-bond acceptors (Lipinski definition) is 8. The van der Waals surface area contributed by atoms with E-state index in [4.69, 9.17) is 4.42 Å². The Morgan fingerprint density at radius 1 is 1.28 bits per heavy atom. The minimum Gasteiger partial charge on any atom is -0.414 e. The van der Waals surface area contributed by atoms with Gasteiger partial charge in [-0.1, -0.05) is 0 Å². The topological polar surface area (TPSA) is 102 Å².